The van der Waals surface area contributed by atoms with Crippen LogP contribution in [0.5, 0.6) is 0 Å². The van der Waals surface area contributed by atoms with Gasteiger partial charge >= 0.3 is 0 Å². The summed E-state index contributed by atoms with van der Waals surface area (Å²) in [4.78, 5) is 0. The minimum Gasteiger partial charge on any atom is -0.313 e. The molecular weight excluding hydrogens is 184 g/mol. The average Bonchev–Trinajstić information content (AvgIpc) is 2.25. The Bertz CT molecular complexity index is 166. The maximum atomic E-state index is 4.06. The molecule has 0 radical (unpaired) electrons. The topological polar surface area (TPSA) is 15.3 Å². The molecule has 0 saturated heterocycles. The van der Waals surface area contributed by atoms with Gasteiger partial charge in [-0.2, -0.15) is 0 Å². The molecule has 0 fully saturated rings. The normalized spacial score (nSPS) is 12.5. The first-order chi connectivity index (χ1) is 7.15. The van der Waals surface area contributed by atoms with E-state index in [9.17, 15) is 0 Å². The summed E-state index contributed by atoms with van der Waals surface area (Å²) in [6.45, 7) is 11.9. The highest BCUT2D eigenvalue weighted by Gasteiger charge is 2.09. The van der Waals surface area contributed by atoms with Gasteiger partial charge in [-0.05, 0) is 18.8 Å². The molecule has 0 aromatic heterocycles. The van der Waals surface area contributed by atoms with Crippen molar-refractivity contribution in [1.29, 1.82) is 0 Å². The van der Waals surface area contributed by atoms with E-state index < -0.39 is 0 Å². The summed E-state index contributed by atoms with van der Waals surface area (Å²) >= 11 is 0. The summed E-state index contributed by atoms with van der Waals surface area (Å²) in [5, 5.41) is 2.18. The summed E-state index contributed by atoms with van der Waals surface area (Å²) in [7, 11) is 1.97. The predicted octanol–water partition coefficient (Wildman–Crippen LogP) is 3.56. The minimum absolute atomic E-state index is 0.743. The summed E-state index contributed by atoms with van der Waals surface area (Å²) in [5.41, 5.74) is 4.39. The van der Waals surface area contributed by atoms with E-state index in [1.165, 1.54) is 31.4 Å². The van der Waals surface area contributed by atoms with Gasteiger partial charge in [0.1, 0.15) is 0 Å². The van der Waals surface area contributed by atoms with Crippen LogP contribution < -0.4 is 5.43 Å². The van der Waals surface area contributed by atoms with Crippen LogP contribution in [0.3, 0.4) is 0 Å². The molecule has 0 aromatic carbocycles. The minimum atomic E-state index is 0.743. The first kappa shape index (κ1) is 14.5. The number of nitrogens with one attached hydrogen (secondary N) is 1. The molecule has 2 nitrogen and oxygen atoms in total. The maximum absolute atomic E-state index is 4.06. The molecule has 0 bridgehead atoms. The van der Waals surface area contributed by atoms with E-state index in [2.05, 4.69) is 37.8 Å². The van der Waals surface area contributed by atoms with Crippen molar-refractivity contribution in [2.75, 3.05) is 13.6 Å². The average molecular weight is 212 g/mol. The molecule has 15 heavy (non-hydrogen) atoms. The van der Waals surface area contributed by atoms with E-state index in [0.717, 1.165) is 18.9 Å². The van der Waals surface area contributed by atoms with Crippen LogP contribution in [0.15, 0.2) is 12.3 Å². The van der Waals surface area contributed by atoms with Crippen molar-refractivity contribution < 1.29 is 0 Å². The monoisotopic (exact) mass is 212 g/mol. The standard InChI is InChI=1S/C13H28N2/c1-6-8-9-10-12(3)11-15(14-5)13(4)7-2/h12,14H,4,6-11H2,1-3,5H3. The molecule has 1 unspecified atom stereocenters. The highest BCUT2D eigenvalue weighted by molar-refractivity contribution is 4.90. The zero-order valence-corrected chi connectivity index (χ0v) is 11.0. The Hall–Kier alpha value is -0.500. The van der Waals surface area contributed by atoms with Crippen LogP contribution in [-0.4, -0.2) is 18.6 Å². The van der Waals surface area contributed by atoms with Gasteiger partial charge in [-0.3, -0.25) is 0 Å². The van der Waals surface area contributed by atoms with Gasteiger partial charge in [0.05, 0.1) is 0 Å². The van der Waals surface area contributed by atoms with Crippen LogP contribution in [0.1, 0.15) is 52.9 Å². The molecular formula is C13H28N2. The molecule has 0 aliphatic heterocycles. The van der Waals surface area contributed by atoms with Crippen molar-refractivity contribution in [1.82, 2.24) is 10.4 Å². The second-order valence-corrected chi connectivity index (χ2v) is 4.35. The Balaban J connectivity index is 3.80. The SMILES string of the molecule is C=C(CC)N(CC(C)CCCCC)NC. The lowest BCUT2D eigenvalue weighted by molar-refractivity contribution is 0.221. The van der Waals surface area contributed by atoms with Crippen LogP contribution in [0.25, 0.3) is 0 Å². The van der Waals surface area contributed by atoms with Gasteiger partial charge in [-0.1, -0.05) is 46.6 Å². The quantitative estimate of drug-likeness (QED) is 0.464. The predicted molar refractivity (Wildman–Crippen MR) is 68.5 cm³/mol. The fraction of sp³-hybridized carbons (Fsp3) is 0.846. The number of hydrogen-bond acceptors (Lipinski definition) is 2. The lowest BCUT2D eigenvalue weighted by Gasteiger charge is -2.28. The summed E-state index contributed by atoms with van der Waals surface area (Å²) in [6, 6.07) is 0. The molecule has 0 heterocycles. The molecule has 2 heteroatoms. The van der Waals surface area contributed by atoms with Gasteiger partial charge in [0.15, 0.2) is 0 Å². The first-order valence-electron chi connectivity index (χ1n) is 6.28. The van der Waals surface area contributed by atoms with E-state index in [-0.39, 0.29) is 0 Å². The largest absolute Gasteiger partial charge is 0.313 e. The van der Waals surface area contributed by atoms with Gasteiger partial charge < -0.3 is 5.01 Å². The number of unbranched alkanes of at least 4 members (excludes halogenated alkanes) is 2. The van der Waals surface area contributed by atoms with Gasteiger partial charge in [0.2, 0.25) is 0 Å². The van der Waals surface area contributed by atoms with E-state index in [1.54, 1.807) is 0 Å². The molecule has 0 aromatic rings. The third-order valence-corrected chi connectivity index (χ3v) is 2.85. The summed E-state index contributed by atoms with van der Waals surface area (Å²) in [6.07, 6.45) is 6.36. The number of hydrazine groups is 1. The molecule has 1 N–H and O–H groups in total. The van der Waals surface area contributed by atoms with Gasteiger partial charge in [0, 0.05) is 19.3 Å². The molecule has 0 spiro atoms. The fourth-order valence-corrected chi connectivity index (χ4v) is 1.72. The van der Waals surface area contributed by atoms with Crippen LogP contribution in [0, 0.1) is 5.92 Å². The maximum Gasteiger partial charge on any atom is 0.0366 e. The van der Waals surface area contributed by atoms with Crippen molar-refractivity contribution >= 4 is 0 Å². The molecule has 90 valence electrons. The van der Waals surface area contributed by atoms with Gasteiger partial charge in [-0.15, -0.1) is 0 Å². The second kappa shape index (κ2) is 8.78. The zero-order chi connectivity index (χ0) is 11.7. The first-order valence-corrected chi connectivity index (χ1v) is 6.28. The van der Waals surface area contributed by atoms with Crippen LogP contribution >= 0.6 is 0 Å². The smallest absolute Gasteiger partial charge is 0.0366 e. The molecule has 0 aliphatic rings. The Morgan fingerprint density at radius 3 is 2.47 bits per heavy atom. The van der Waals surface area contributed by atoms with Crippen molar-refractivity contribution in [2.45, 2.75) is 52.9 Å². The Morgan fingerprint density at radius 1 is 1.33 bits per heavy atom. The van der Waals surface area contributed by atoms with Gasteiger partial charge in [0.25, 0.3) is 0 Å². The number of nitrogens with zero attached hydrogens (tertiary/aromatic N) is 1. The summed E-state index contributed by atoms with van der Waals surface area (Å²) < 4.78 is 0. The van der Waals surface area contributed by atoms with Crippen molar-refractivity contribution in [3.05, 3.63) is 12.3 Å². The Kier molecular flexibility index (Phi) is 8.49. The second-order valence-electron chi connectivity index (χ2n) is 4.35. The fourth-order valence-electron chi connectivity index (χ4n) is 1.72. The van der Waals surface area contributed by atoms with Crippen LogP contribution in [-0.2, 0) is 0 Å². The third-order valence-electron chi connectivity index (χ3n) is 2.85. The van der Waals surface area contributed by atoms with E-state index in [0.29, 0.717) is 0 Å². The van der Waals surface area contributed by atoms with Crippen molar-refractivity contribution in [2.24, 2.45) is 5.92 Å². The number of rotatable bonds is 9. The highest BCUT2D eigenvalue weighted by atomic mass is 15.5. The van der Waals surface area contributed by atoms with Crippen molar-refractivity contribution in [3.8, 4) is 0 Å². The molecule has 0 saturated carbocycles. The molecule has 0 aliphatic carbocycles. The van der Waals surface area contributed by atoms with Crippen LogP contribution in [0.2, 0.25) is 0 Å². The highest BCUT2D eigenvalue weighted by Crippen LogP contribution is 2.13. The Morgan fingerprint density at radius 2 is 2.00 bits per heavy atom. The van der Waals surface area contributed by atoms with Crippen LogP contribution in [0.4, 0.5) is 0 Å². The summed E-state index contributed by atoms with van der Waals surface area (Å²) in [5.74, 6) is 0.743. The van der Waals surface area contributed by atoms with Gasteiger partial charge in [-0.25, -0.2) is 5.43 Å². The number of allylic oxidation sites excluding steroid dienone is 1. The third kappa shape index (κ3) is 6.56. The Labute approximate surface area is 95.7 Å². The molecule has 1 atom stereocenters. The molecule has 0 rings (SSSR count). The zero-order valence-electron chi connectivity index (χ0n) is 11.0. The number of hydrogen-bond donors (Lipinski definition) is 1. The van der Waals surface area contributed by atoms with E-state index >= 15 is 0 Å². The lowest BCUT2D eigenvalue weighted by Crippen LogP contribution is -2.37. The van der Waals surface area contributed by atoms with Crippen molar-refractivity contribution in [3.63, 3.8) is 0 Å². The lowest BCUT2D eigenvalue weighted by atomic mass is 10.0. The van der Waals surface area contributed by atoms with E-state index in [1.807, 2.05) is 7.05 Å². The van der Waals surface area contributed by atoms with E-state index in [4.69, 9.17) is 0 Å². The molecule has 0 amide bonds.